The number of nitrogens with one attached hydrogen (secondary N) is 1. The normalized spacial score (nSPS) is 17.1. The maximum absolute atomic E-state index is 13.0. The lowest BCUT2D eigenvalue weighted by atomic mass is 10.1. The van der Waals surface area contributed by atoms with E-state index < -0.39 is 23.0 Å². The van der Waals surface area contributed by atoms with E-state index in [-0.39, 0.29) is 22.5 Å². The molecule has 0 fully saturated rings. The van der Waals surface area contributed by atoms with E-state index in [0.29, 0.717) is 35.3 Å². The summed E-state index contributed by atoms with van der Waals surface area (Å²) < 4.78 is 50.4. The maximum atomic E-state index is 13.0. The number of hydrogen-bond donors (Lipinski definition) is 1. The van der Waals surface area contributed by atoms with Crippen LogP contribution in [0.25, 0.3) is 6.08 Å². The SMILES string of the molecule is CCOc1cc(/C=C2\C(=N)N3N=C(C(F)(F)F)SC3=NC2=O)ccc1OCc1ccccc1. The van der Waals surface area contributed by atoms with Gasteiger partial charge in [-0.3, -0.25) is 10.2 Å². The number of ether oxygens (including phenoxy) is 2. The number of rotatable bonds is 6. The predicted octanol–water partition coefficient (Wildman–Crippen LogP) is 4.85. The molecule has 0 atom stereocenters. The Morgan fingerprint density at radius 1 is 1.12 bits per heavy atom. The molecule has 33 heavy (non-hydrogen) atoms. The second-order valence-electron chi connectivity index (χ2n) is 6.84. The molecule has 0 unspecified atom stereocenters. The lowest BCUT2D eigenvalue weighted by Gasteiger charge is -2.20. The van der Waals surface area contributed by atoms with E-state index in [4.69, 9.17) is 14.9 Å². The van der Waals surface area contributed by atoms with Gasteiger partial charge in [0, 0.05) is 0 Å². The third-order valence-corrected chi connectivity index (χ3v) is 5.47. The Morgan fingerprint density at radius 2 is 1.88 bits per heavy atom. The first-order valence-electron chi connectivity index (χ1n) is 9.77. The third-order valence-electron chi connectivity index (χ3n) is 4.51. The minimum absolute atomic E-state index is 0.188. The summed E-state index contributed by atoms with van der Waals surface area (Å²) in [5.41, 5.74) is 1.28. The molecule has 4 rings (SSSR count). The fourth-order valence-electron chi connectivity index (χ4n) is 3.01. The zero-order chi connectivity index (χ0) is 23.6. The van der Waals surface area contributed by atoms with Crippen molar-refractivity contribution < 1.29 is 27.4 Å². The Hall–Kier alpha value is -3.60. The van der Waals surface area contributed by atoms with Gasteiger partial charge in [-0.15, -0.1) is 0 Å². The summed E-state index contributed by atoms with van der Waals surface area (Å²) in [4.78, 5) is 16.1. The molecule has 1 amide bonds. The minimum Gasteiger partial charge on any atom is -0.490 e. The lowest BCUT2D eigenvalue weighted by molar-refractivity contribution is -0.114. The third kappa shape index (κ3) is 4.92. The summed E-state index contributed by atoms with van der Waals surface area (Å²) in [7, 11) is 0. The number of amides is 1. The molecule has 0 saturated carbocycles. The number of thioether (sulfide) groups is 1. The predicted molar refractivity (Wildman–Crippen MR) is 119 cm³/mol. The molecule has 11 heteroatoms. The second-order valence-corrected chi connectivity index (χ2v) is 7.79. The highest BCUT2D eigenvalue weighted by atomic mass is 32.2. The van der Waals surface area contributed by atoms with Crippen molar-refractivity contribution in [2.24, 2.45) is 10.1 Å². The molecular formula is C22H17F3N4O3S. The molecule has 0 bridgehead atoms. The number of aliphatic imine (C=N–C) groups is 1. The number of alkyl halides is 3. The number of benzene rings is 2. The average molecular weight is 474 g/mol. The van der Waals surface area contributed by atoms with Crippen molar-refractivity contribution in [3.05, 3.63) is 65.2 Å². The first-order valence-corrected chi connectivity index (χ1v) is 10.6. The fraction of sp³-hybridized carbons (Fsp3) is 0.182. The van der Waals surface area contributed by atoms with Crippen LogP contribution in [0.1, 0.15) is 18.1 Å². The van der Waals surface area contributed by atoms with Gasteiger partial charge in [-0.2, -0.15) is 28.3 Å². The molecule has 2 aliphatic rings. The van der Waals surface area contributed by atoms with Crippen molar-refractivity contribution in [1.82, 2.24) is 5.01 Å². The number of nitrogens with zero attached hydrogens (tertiary/aromatic N) is 3. The van der Waals surface area contributed by atoms with Crippen molar-refractivity contribution in [1.29, 1.82) is 5.41 Å². The van der Waals surface area contributed by atoms with Gasteiger partial charge in [0.25, 0.3) is 5.91 Å². The summed E-state index contributed by atoms with van der Waals surface area (Å²) in [6.45, 7) is 2.50. The topological polar surface area (TPSA) is 87.3 Å². The Kier molecular flexibility index (Phi) is 6.23. The molecule has 2 aromatic rings. The summed E-state index contributed by atoms with van der Waals surface area (Å²) in [6, 6.07) is 14.5. The van der Waals surface area contributed by atoms with E-state index in [0.717, 1.165) is 5.56 Å². The summed E-state index contributed by atoms with van der Waals surface area (Å²) >= 11 is 0.207. The molecule has 0 aliphatic carbocycles. The first-order chi connectivity index (χ1) is 15.8. The van der Waals surface area contributed by atoms with E-state index in [1.807, 2.05) is 37.3 Å². The van der Waals surface area contributed by atoms with E-state index in [1.165, 1.54) is 6.08 Å². The lowest BCUT2D eigenvalue weighted by Crippen LogP contribution is -2.35. The fourth-order valence-corrected chi connectivity index (χ4v) is 3.77. The van der Waals surface area contributed by atoms with Crippen molar-refractivity contribution in [2.45, 2.75) is 19.7 Å². The van der Waals surface area contributed by atoms with Crippen LogP contribution in [0.3, 0.4) is 0 Å². The Balaban J connectivity index is 1.59. The number of amidine groups is 2. The molecule has 7 nitrogen and oxygen atoms in total. The number of hydrogen-bond acceptors (Lipinski definition) is 6. The van der Waals surface area contributed by atoms with Crippen LogP contribution < -0.4 is 9.47 Å². The molecule has 2 heterocycles. The summed E-state index contributed by atoms with van der Waals surface area (Å²) in [6.07, 6.45) is -3.33. The van der Waals surface area contributed by atoms with Crippen LogP contribution in [-0.2, 0) is 11.4 Å². The van der Waals surface area contributed by atoms with Gasteiger partial charge >= 0.3 is 6.18 Å². The van der Waals surface area contributed by atoms with E-state index in [9.17, 15) is 18.0 Å². The van der Waals surface area contributed by atoms with E-state index in [1.54, 1.807) is 18.2 Å². The first kappa shape index (κ1) is 22.6. The van der Waals surface area contributed by atoms with Crippen LogP contribution in [0.4, 0.5) is 13.2 Å². The number of halogens is 3. The summed E-state index contributed by atoms with van der Waals surface area (Å²) in [5.74, 6) is -0.390. The molecule has 170 valence electrons. The molecular weight excluding hydrogens is 457 g/mol. The molecule has 2 aliphatic heterocycles. The average Bonchev–Trinajstić information content (AvgIpc) is 3.22. The number of carbonyl (C=O) groups excluding carboxylic acids is 1. The quantitative estimate of drug-likeness (QED) is 0.605. The van der Waals surface area contributed by atoms with Gasteiger partial charge < -0.3 is 9.47 Å². The number of hydrazone groups is 1. The Morgan fingerprint density at radius 3 is 2.58 bits per heavy atom. The van der Waals surface area contributed by atoms with E-state index >= 15 is 0 Å². The van der Waals surface area contributed by atoms with E-state index in [2.05, 4.69) is 10.1 Å². The van der Waals surface area contributed by atoms with Crippen LogP contribution in [0.5, 0.6) is 11.5 Å². The number of fused-ring (bicyclic) bond motifs is 1. The van der Waals surface area contributed by atoms with Crippen LogP contribution in [0, 0.1) is 5.41 Å². The zero-order valence-electron chi connectivity index (χ0n) is 17.2. The van der Waals surface area contributed by atoms with Gasteiger partial charge in [0.1, 0.15) is 6.61 Å². The minimum atomic E-state index is -4.69. The van der Waals surface area contributed by atoms with Gasteiger partial charge in [-0.25, -0.2) is 0 Å². The molecule has 1 N–H and O–H groups in total. The largest absolute Gasteiger partial charge is 0.490 e. The molecule has 0 radical (unpaired) electrons. The van der Waals surface area contributed by atoms with Crippen molar-refractivity contribution in [2.75, 3.05) is 6.61 Å². The molecule has 0 saturated heterocycles. The molecule has 0 aromatic heterocycles. The standard InChI is InChI=1S/C22H17F3N4O3S/c1-2-31-17-11-14(8-9-16(17)32-12-13-6-4-3-5-7-13)10-15-18(26)29-21(27-19(15)30)33-20(28-29)22(23,24)25/h3-11,26H,2,12H2,1H3/b15-10+,26-18?. The molecule has 2 aromatic carbocycles. The highest BCUT2D eigenvalue weighted by Gasteiger charge is 2.46. The van der Waals surface area contributed by atoms with Crippen molar-refractivity contribution in [3.63, 3.8) is 0 Å². The van der Waals surface area contributed by atoms with Crippen molar-refractivity contribution in [3.8, 4) is 11.5 Å². The van der Waals surface area contributed by atoms with Crippen LogP contribution in [0.15, 0.2) is 64.2 Å². The Bertz CT molecular complexity index is 1190. The van der Waals surface area contributed by atoms with Crippen molar-refractivity contribution >= 4 is 39.8 Å². The van der Waals surface area contributed by atoms with Gasteiger partial charge in [0.2, 0.25) is 10.2 Å². The van der Waals surface area contributed by atoms with Crippen LogP contribution in [0.2, 0.25) is 0 Å². The molecule has 0 spiro atoms. The van der Waals surface area contributed by atoms with Gasteiger partial charge in [0.05, 0.1) is 12.2 Å². The highest BCUT2D eigenvalue weighted by molar-refractivity contribution is 8.27. The summed E-state index contributed by atoms with van der Waals surface area (Å²) in [5, 5.41) is 10.8. The monoisotopic (exact) mass is 474 g/mol. The smallest absolute Gasteiger partial charge is 0.441 e. The Labute approximate surface area is 191 Å². The second kappa shape index (κ2) is 9.10. The van der Waals surface area contributed by atoms with Gasteiger partial charge in [-0.05, 0) is 48.0 Å². The number of carbonyl (C=O) groups is 1. The van der Waals surface area contributed by atoms with Gasteiger partial charge in [0.15, 0.2) is 17.3 Å². The zero-order valence-corrected chi connectivity index (χ0v) is 18.0. The maximum Gasteiger partial charge on any atom is 0.441 e. The van der Waals surface area contributed by atoms with Crippen LogP contribution >= 0.6 is 11.8 Å². The van der Waals surface area contributed by atoms with Crippen LogP contribution in [-0.4, -0.2) is 39.7 Å². The highest BCUT2D eigenvalue weighted by Crippen LogP contribution is 2.36. The van der Waals surface area contributed by atoms with Gasteiger partial charge in [-0.1, -0.05) is 36.4 Å².